The van der Waals surface area contributed by atoms with Gasteiger partial charge in [-0.05, 0) is 23.8 Å². The third kappa shape index (κ3) is 3.83. The first kappa shape index (κ1) is 18.0. The van der Waals surface area contributed by atoms with Gasteiger partial charge in [0.1, 0.15) is 12.6 Å². The molecule has 0 N–H and O–H groups in total. The Labute approximate surface area is 159 Å². The van der Waals surface area contributed by atoms with Gasteiger partial charge in [-0.1, -0.05) is 51.1 Å². The fraction of sp³-hybridized carbons (Fsp3) is 0.550. The maximum atomic E-state index is 12.9. The quantitative estimate of drug-likeness (QED) is 0.802. The normalized spacial score (nSPS) is 22.6. The van der Waals surface area contributed by atoms with Gasteiger partial charge < -0.3 is 9.32 Å². The summed E-state index contributed by atoms with van der Waals surface area (Å²) in [4.78, 5) is 20.5. The molecule has 2 aliphatic heterocycles. The summed E-state index contributed by atoms with van der Waals surface area (Å²) in [7, 11) is 0. The van der Waals surface area contributed by atoms with Crippen LogP contribution >= 0.6 is 0 Å². The van der Waals surface area contributed by atoms with Gasteiger partial charge in [0.15, 0.2) is 0 Å². The number of benzene rings is 1. The van der Waals surface area contributed by atoms with Crippen LogP contribution in [0.15, 0.2) is 34.7 Å². The number of hydroxylamine groups is 2. The molecule has 7 heteroatoms. The lowest BCUT2D eigenvalue weighted by molar-refractivity contribution is -0.140. The molecule has 0 aliphatic carbocycles. The van der Waals surface area contributed by atoms with Crippen LogP contribution in [0.5, 0.6) is 0 Å². The van der Waals surface area contributed by atoms with Crippen molar-refractivity contribution in [3.05, 3.63) is 47.7 Å². The topological polar surface area (TPSA) is 71.7 Å². The SMILES string of the molecule is CC(C)(C)Cc1nnc([C@@H]2CC[C@@H]3CN2C(=O)N3OCc2ccccc2)o1. The zero-order valence-corrected chi connectivity index (χ0v) is 16.1. The summed E-state index contributed by atoms with van der Waals surface area (Å²) in [6.07, 6.45) is 2.38. The van der Waals surface area contributed by atoms with Crippen LogP contribution in [0.2, 0.25) is 0 Å². The number of aromatic nitrogens is 2. The van der Waals surface area contributed by atoms with Crippen molar-refractivity contribution in [3.63, 3.8) is 0 Å². The van der Waals surface area contributed by atoms with Crippen molar-refractivity contribution in [2.45, 2.75) is 58.7 Å². The van der Waals surface area contributed by atoms with Gasteiger partial charge in [0, 0.05) is 13.0 Å². The average Bonchev–Trinajstić information content (AvgIpc) is 3.17. The van der Waals surface area contributed by atoms with E-state index >= 15 is 0 Å². The fourth-order valence-electron chi connectivity index (χ4n) is 3.70. The molecule has 1 aromatic carbocycles. The maximum Gasteiger partial charge on any atom is 0.345 e. The van der Waals surface area contributed by atoms with E-state index in [1.165, 1.54) is 5.06 Å². The molecule has 2 aliphatic rings. The zero-order valence-electron chi connectivity index (χ0n) is 16.1. The van der Waals surface area contributed by atoms with Crippen LogP contribution in [0.3, 0.4) is 0 Å². The molecular formula is C20H26N4O3. The molecular weight excluding hydrogens is 344 g/mol. The minimum atomic E-state index is -0.166. The monoisotopic (exact) mass is 370 g/mol. The Morgan fingerprint density at radius 1 is 1.19 bits per heavy atom. The van der Waals surface area contributed by atoms with Crippen LogP contribution in [-0.2, 0) is 17.9 Å². The Hall–Kier alpha value is -2.41. The molecule has 144 valence electrons. The van der Waals surface area contributed by atoms with Crippen LogP contribution in [0, 0.1) is 5.41 Å². The van der Waals surface area contributed by atoms with Crippen molar-refractivity contribution >= 4 is 6.03 Å². The molecule has 0 saturated carbocycles. The molecule has 2 bridgehead atoms. The molecule has 0 spiro atoms. The Bertz CT molecular complexity index is 799. The molecule has 2 aromatic rings. The first-order chi connectivity index (χ1) is 12.9. The minimum Gasteiger partial charge on any atom is -0.423 e. The van der Waals surface area contributed by atoms with Crippen molar-refractivity contribution in [3.8, 4) is 0 Å². The Kier molecular flexibility index (Phi) is 4.63. The summed E-state index contributed by atoms with van der Waals surface area (Å²) in [6, 6.07) is 9.67. The van der Waals surface area contributed by atoms with Gasteiger partial charge in [0.25, 0.3) is 0 Å². The predicted molar refractivity (Wildman–Crippen MR) is 98.4 cm³/mol. The number of fused-ring (bicyclic) bond motifs is 2. The van der Waals surface area contributed by atoms with Crippen molar-refractivity contribution in [2.75, 3.05) is 6.54 Å². The number of amides is 2. The molecule has 0 radical (unpaired) electrons. The van der Waals surface area contributed by atoms with E-state index in [0.29, 0.717) is 24.9 Å². The van der Waals surface area contributed by atoms with Gasteiger partial charge >= 0.3 is 6.03 Å². The highest BCUT2D eigenvalue weighted by atomic mass is 16.7. The second-order valence-corrected chi connectivity index (χ2v) is 8.54. The zero-order chi connectivity index (χ0) is 19.0. The number of piperidine rings is 1. The number of carbonyl (C=O) groups is 1. The molecule has 3 heterocycles. The third-order valence-corrected chi connectivity index (χ3v) is 4.99. The molecule has 4 rings (SSSR count). The van der Waals surface area contributed by atoms with Gasteiger partial charge in [-0.15, -0.1) is 10.2 Å². The van der Waals surface area contributed by atoms with E-state index in [4.69, 9.17) is 9.25 Å². The largest absolute Gasteiger partial charge is 0.423 e. The van der Waals surface area contributed by atoms with Gasteiger partial charge in [-0.3, -0.25) is 4.84 Å². The van der Waals surface area contributed by atoms with Crippen LogP contribution in [-0.4, -0.2) is 38.8 Å². The first-order valence-corrected chi connectivity index (χ1v) is 9.50. The molecule has 1 aromatic heterocycles. The Balaban J connectivity index is 1.43. The van der Waals surface area contributed by atoms with Crippen molar-refractivity contribution < 1.29 is 14.0 Å². The number of hydrogen-bond donors (Lipinski definition) is 0. The summed E-state index contributed by atoms with van der Waals surface area (Å²) >= 11 is 0. The van der Waals surface area contributed by atoms with E-state index in [-0.39, 0.29) is 23.5 Å². The summed E-state index contributed by atoms with van der Waals surface area (Å²) in [6.45, 7) is 7.42. The smallest absolute Gasteiger partial charge is 0.345 e. The molecule has 27 heavy (non-hydrogen) atoms. The predicted octanol–water partition coefficient (Wildman–Crippen LogP) is 3.73. The summed E-state index contributed by atoms with van der Waals surface area (Å²) in [5.41, 5.74) is 1.12. The molecule has 2 amide bonds. The number of nitrogens with zero attached hydrogens (tertiary/aromatic N) is 4. The standard InChI is InChI=1S/C20H26N4O3/c1-20(2,3)11-17-21-22-18(27-17)16-10-9-15-12-23(16)19(25)24(15)26-13-14-7-5-4-6-8-14/h4-8,15-16H,9-13H2,1-3H3/t15-,16+/m1/s1. The summed E-state index contributed by atoms with van der Waals surface area (Å²) in [5.74, 6) is 1.16. The molecule has 0 unspecified atom stereocenters. The van der Waals surface area contributed by atoms with E-state index in [2.05, 4.69) is 31.0 Å². The van der Waals surface area contributed by atoms with Gasteiger partial charge in [-0.2, -0.15) is 5.06 Å². The van der Waals surface area contributed by atoms with Crippen LogP contribution in [0.4, 0.5) is 4.79 Å². The fourth-order valence-corrected chi connectivity index (χ4v) is 3.70. The van der Waals surface area contributed by atoms with Gasteiger partial charge in [0.2, 0.25) is 11.8 Å². The number of rotatable bonds is 5. The van der Waals surface area contributed by atoms with E-state index < -0.39 is 0 Å². The second-order valence-electron chi connectivity index (χ2n) is 8.54. The Morgan fingerprint density at radius 2 is 1.96 bits per heavy atom. The number of urea groups is 1. The average molecular weight is 370 g/mol. The number of carbonyl (C=O) groups excluding carboxylic acids is 1. The highest BCUT2D eigenvalue weighted by Gasteiger charge is 2.47. The van der Waals surface area contributed by atoms with Gasteiger partial charge in [-0.25, -0.2) is 4.79 Å². The summed E-state index contributed by atoms with van der Waals surface area (Å²) in [5, 5.41) is 9.93. The number of hydrogen-bond acceptors (Lipinski definition) is 5. The minimum absolute atomic E-state index is 0.0764. The van der Waals surface area contributed by atoms with Crippen molar-refractivity contribution in [1.82, 2.24) is 20.2 Å². The molecule has 2 atom stereocenters. The lowest BCUT2D eigenvalue weighted by atomic mass is 9.92. The Morgan fingerprint density at radius 3 is 2.70 bits per heavy atom. The van der Waals surface area contributed by atoms with Crippen LogP contribution in [0.1, 0.15) is 57.0 Å². The summed E-state index contributed by atoms with van der Waals surface area (Å²) < 4.78 is 5.89. The highest BCUT2D eigenvalue weighted by molar-refractivity contribution is 5.77. The maximum absolute atomic E-state index is 12.9. The van der Waals surface area contributed by atoms with E-state index in [1.54, 1.807) is 4.90 Å². The lowest BCUT2D eigenvalue weighted by Crippen LogP contribution is -2.34. The van der Waals surface area contributed by atoms with Crippen molar-refractivity contribution in [2.24, 2.45) is 5.41 Å². The van der Waals surface area contributed by atoms with Crippen molar-refractivity contribution in [1.29, 1.82) is 0 Å². The van der Waals surface area contributed by atoms with Gasteiger partial charge in [0.05, 0.1) is 6.04 Å². The lowest BCUT2D eigenvalue weighted by Gasteiger charge is -2.27. The van der Waals surface area contributed by atoms with E-state index in [1.807, 2.05) is 30.3 Å². The third-order valence-electron chi connectivity index (χ3n) is 4.99. The molecule has 2 saturated heterocycles. The highest BCUT2D eigenvalue weighted by Crippen LogP contribution is 2.38. The van der Waals surface area contributed by atoms with E-state index in [9.17, 15) is 4.79 Å². The first-order valence-electron chi connectivity index (χ1n) is 9.50. The van der Waals surface area contributed by atoms with Crippen LogP contribution < -0.4 is 0 Å². The molecule has 7 nitrogen and oxygen atoms in total. The molecule has 2 fully saturated rings. The van der Waals surface area contributed by atoms with E-state index in [0.717, 1.165) is 24.8 Å². The van der Waals surface area contributed by atoms with Crippen LogP contribution in [0.25, 0.3) is 0 Å². The second kappa shape index (κ2) is 6.96.